The zero-order valence-corrected chi connectivity index (χ0v) is 12.5. The maximum atomic E-state index is 12.8. The zero-order valence-electron chi connectivity index (χ0n) is 9.45. The minimum Gasteiger partial charge on any atom is -0.606 e. The molecule has 0 aliphatic heterocycles. The summed E-state index contributed by atoms with van der Waals surface area (Å²) >= 11 is 15.8. The lowest BCUT2D eigenvalue weighted by Crippen LogP contribution is -2.04. The molecule has 2 aromatic rings. The highest BCUT2D eigenvalue weighted by Gasteiger charge is 2.23. The van der Waals surface area contributed by atoms with E-state index < -0.39 is 15.0 Å². The van der Waals surface area contributed by atoms with Crippen molar-refractivity contribution in [3.63, 3.8) is 0 Å². The maximum absolute atomic E-state index is 12.8. The van der Waals surface area contributed by atoms with E-state index in [0.29, 0.717) is 15.4 Å². The molecule has 1 atom stereocenters. The van der Waals surface area contributed by atoms with Gasteiger partial charge in [0.1, 0.15) is 5.82 Å². The molecule has 2 rings (SSSR count). The normalized spacial score (nSPS) is 13.3. The predicted octanol–water partition coefficient (Wildman–Crippen LogP) is 4.82. The Kier molecular flexibility index (Phi) is 4.64. The minimum absolute atomic E-state index is 0.368. The van der Waals surface area contributed by atoms with Crippen LogP contribution in [0.4, 0.5) is 4.39 Å². The summed E-state index contributed by atoms with van der Waals surface area (Å²) in [5.41, 5.74) is 0.498. The van der Waals surface area contributed by atoms with E-state index in [1.165, 1.54) is 24.3 Å². The van der Waals surface area contributed by atoms with Crippen molar-refractivity contribution in [3.8, 4) is 0 Å². The summed E-state index contributed by atoms with van der Waals surface area (Å²) in [5, 5.41) is 0. The SMILES string of the molecule is [O-][S+](c1ccc(F)cc1)c1ccc(C(Cl)(Cl)Cl)cc1. The first-order chi connectivity index (χ1) is 8.88. The lowest BCUT2D eigenvalue weighted by Gasteiger charge is -2.13. The van der Waals surface area contributed by atoms with Gasteiger partial charge in [0.15, 0.2) is 9.79 Å². The first-order valence-corrected chi connectivity index (χ1v) is 7.51. The summed E-state index contributed by atoms with van der Waals surface area (Å²) in [7, 11) is 0. The van der Waals surface area contributed by atoms with Crippen molar-refractivity contribution in [2.75, 3.05) is 0 Å². The first-order valence-electron chi connectivity index (χ1n) is 5.22. The standard InChI is InChI=1S/C13H8Cl3FOS/c14-13(15,16)9-1-5-11(6-2-9)19(18)12-7-3-10(17)4-8-12/h1-8H. The third-order valence-electron chi connectivity index (χ3n) is 2.42. The Bertz CT molecular complexity index is 552. The number of rotatable bonds is 2. The Morgan fingerprint density at radius 2 is 1.26 bits per heavy atom. The molecule has 0 spiro atoms. The molecule has 0 N–H and O–H groups in total. The largest absolute Gasteiger partial charge is 0.606 e. The molecule has 100 valence electrons. The van der Waals surface area contributed by atoms with Gasteiger partial charge in [-0.1, -0.05) is 34.8 Å². The van der Waals surface area contributed by atoms with Crippen LogP contribution >= 0.6 is 34.8 Å². The summed E-state index contributed by atoms with van der Waals surface area (Å²) in [5.74, 6) is -0.368. The number of alkyl halides is 3. The molecular weight excluding hydrogens is 330 g/mol. The van der Waals surface area contributed by atoms with Crippen LogP contribution in [0.15, 0.2) is 58.3 Å². The molecule has 0 saturated heterocycles. The van der Waals surface area contributed by atoms with Crippen LogP contribution in [-0.4, -0.2) is 4.55 Å². The minimum atomic E-state index is -1.50. The van der Waals surface area contributed by atoms with Crippen LogP contribution in [0.25, 0.3) is 0 Å². The van der Waals surface area contributed by atoms with Crippen LogP contribution < -0.4 is 0 Å². The van der Waals surface area contributed by atoms with E-state index in [0.717, 1.165) is 0 Å². The van der Waals surface area contributed by atoms with Crippen molar-refractivity contribution in [3.05, 3.63) is 59.9 Å². The topological polar surface area (TPSA) is 23.1 Å². The Labute approximate surface area is 128 Å². The van der Waals surface area contributed by atoms with Crippen molar-refractivity contribution >= 4 is 46.0 Å². The zero-order chi connectivity index (χ0) is 14.0. The highest BCUT2D eigenvalue weighted by molar-refractivity contribution is 7.91. The van der Waals surface area contributed by atoms with Gasteiger partial charge < -0.3 is 4.55 Å². The van der Waals surface area contributed by atoms with Crippen LogP contribution in [0.3, 0.4) is 0 Å². The molecule has 0 fully saturated rings. The maximum Gasteiger partial charge on any atom is 0.216 e. The second kappa shape index (κ2) is 5.90. The van der Waals surface area contributed by atoms with Crippen molar-refractivity contribution in [2.45, 2.75) is 13.6 Å². The van der Waals surface area contributed by atoms with Crippen LogP contribution in [0.1, 0.15) is 5.56 Å². The lowest BCUT2D eigenvalue weighted by atomic mass is 10.2. The molecule has 0 radical (unpaired) electrons. The Morgan fingerprint density at radius 3 is 1.68 bits per heavy atom. The van der Waals surface area contributed by atoms with Crippen LogP contribution in [0.5, 0.6) is 0 Å². The van der Waals surface area contributed by atoms with Gasteiger partial charge in [-0.05, 0) is 48.5 Å². The van der Waals surface area contributed by atoms with E-state index in [9.17, 15) is 8.94 Å². The molecule has 0 heterocycles. The molecule has 1 unspecified atom stereocenters. The van der Waals surface area contributed by atoms with E-state index in [1.807, 2.05) is 0 Å². The van der Waals surface area contributed by atoms with Crippen molar-refractivity contribution in [1.29, 1.82) is 0 Å². The number of hydrogen-bond acceptors (Lipinski definition) is 1. The lowest BCUT2D eigenvalue weighted by molar-refractivity contribution is 0.593. The third-order valence-corrected chi connectivity index (χ3v) is 4.48. The molecular formula is C13H8Cl3FOS. The first kappa shape index (κ1) is 14.9. The van der Waals surface area contributed by atoms with E-state index in [-0.39, 0.29) is 5.82 Å². The summed E-state index contributed by atoms with van der Waals surface area (Å²) in [4.78, 5) is 1.08. The van der Waals surface area contributed by atoms with Gasteiger partial charge in [-0.25, -0.2) is 4.39 Å². The van der Waals surface area contributed by atoms with Crippen LogP contribution in [-0.2, 0) is 15.0 Å². The second-order valence-electron chi connectivity index (χ2n) is 3.74. The molecule has 0 bridgehead atoms. The van der Waals surface area contributed by atoms with Gasteiger partial charge in [0, 0.05) is 16.7 Å². The Hall–Kier alpha value is -0.450. The summed E-state index contributed by atoms with van der Waals surface area (Å²) in [6, 6.07) is 11.9. The fraction of sp³-hybridized carbons (Fsp3) is 0.0769. The van der Waals surface area contributed by atoms with Crippen molar-refractivity contribution in [1.82, 2.24) is 0 Å². The van der Waals surface area contributed by atoms with Crippen LogP contribution in [0, 0.1) is 5.82 Å². The Balaban J connectivity index is 2.25. The van der Waals surface area contributed by atoms with E-state index in [4.69, 9.17) is 34.8 Å². The summed E-state index contributed by atoms with van der Waals surface area (Å²) < 4.78 is 23.5. The molecule has 2 aromatic carbocycles. The molecule has 0 aliphatic carbocycles. The summed E-state index contributed by atoms with van der Waals surface area (Å²) in [6.45, 7) is 0. The van der Waals surface area contributed by atoms with Gasteiger partial charge in [0.2, 0.25) is 3.79 Å². The number of benzene rings is 2. The van der Waals surface area contributed by atoms with Gasteiger partial charge in [0.25, 0.3) is 0 Å². The molecule has 0 aliphatic rings. The quantitative estimate of drug-likeness (QED) is 0.569. The molecule has 19 heavy (non-hydrogen) atoms. The molecule has 1 nitrogen and oxygen atoms in total. The number of halogens is 4. The predicted molar refractivity (Wildman–Crippen MR) is 76.8 cm³/mol. The van der Waals surface area contributed by atoms with Gasteiger partial charge in [-0.15, -0.1) is 0 Å². The van der Waals surface area contributed by atoms with E-state index >= 15 is 0 Å². The Morgan fingerprint density at radius 1 is 0.842 bits per heavy atom. The van der Waals surface area contributed by atoms with E-state index in [1.54, 1.807) is 24.3 Å². The molecule has 0 saturated carbocycles. The second-order valence-corrected chi connectivity index (χ2v) is 7.51. The third kappa shape index (κ3) is 3.77. The average molecular weight is 338 g/mol. The summed E-state index contributed by atoms with van der Waals surface area (Å²) in [6.07, 6.45) is 0. The van der Waals surface area contributed by atoms with Gasteiger partial charge in [-0.2, -0.15) is 0 Å². The van der Waals surface area contributed by atoms with E-state index in [2.05, 4.69) is 0 Å². The van der Waals surface area contributed by atoms with Gasteiger partial charge in [0.05, 0.1) is 0 Å². The monoisotopic (exact) mass is 336 g/mol. The smallest absolute Gasteiger partial charge is 0.216 e. The fourth-order valence-electron chi connectivity index (χ4n) is 1.46. The number of hydrogen-bond donors (Lipinski definition) is 0. The molecule has 6 heteroatoms. The average Bonchev–Trinajstić information content (AvgIpc) is 2.38. The molecule has 0 aromatic heterocycles. The van der Waals surface area contributed by atoms with Crippen molar-refractivity contribution in [2.24, 2.45) is 0 Å². The highest BCUT2D eigenvalue weighted by Crippen LogP contribution is 2.38. The highest BCUT2D eigenvalue weighted by atomic mass is 35.6. The van der Waals surface area contributed by atoms with Crippen molar-refractivity contribution < 1.29 is 8.94 Å². The van der Waals surface area contributed by atoms with Gasteiger partial charge in [-0.3, -0.25) is 0 Å². The van der Waals surface area contributed by atoms with Crippen LogP contribution in [0.2, 0.25) is 0 Å². The fourth-order valence-corrected chi connectivity index (χ4v) is 2.88. The van der Waals surface area contributed by atoms with Gasteiger partial charge >= 0.3 is 0 Å². The molecule has 0 amide bonds.